The van der Waals surface area contributed by atoms with Crippen molar-refractivity contribution in [1.82, 2.24) is 9.80 Å². The summed E-state index contributed by atoms with van der Waals surface area (Å²) in [6.45, 7) is 8.92. The van der Waals surface area contributed by atoms with Crippen LogP contribution in [0.5, 0.6) is 5.75 Å². The Kier molecular flexibility index (Phi) is 7.49. The van der Waals surface area contributed by atoms with Crippen LogP contribution in [-0.4, -0.2) is 79.5 Å². The van der Waals surface area contributed by atoms with Crippen molar-refractivity contribution < 1.29 is 19.4 Å². The summed E-state index contributed by atoms with van der Waals surface area (Å²) >= 11 is 0. The van der Waals surface area contributed by atoms with E-state index in [0.717, 1.165) is 18.8 Å². The summed E-state index contributed by atoms with van der Waals surface area (Å²) in [5.41, 5.74) is 0.684. The van der Waals surface area contributed by atoms with E-state index in [9.17, 15) is 9.90 Å². The maximum absolute atomic E-state index is 12.5. The van der Waals surface area contributed by atoms with Crippen LogP contribution in [0.3, 0.4) is 0 Å². The molecule has 134 valence electrons. The third kappa shape index (κ3) is 5.47. The van der Waals surface area contributed by atoms with Gasteiger partial charge in [0, 0.05) is 44.9 Å². The molecular weight excluding hydrogens is 308 g/mol. The van der Waals surface area contributed by atoms with Crippen molar-refractivity contribution >= 4 is 5.91 Å². The number of nitrogens with zero attached hydrogens (tertiary/aromatic N) is 2. The Morgan fingerprint density at radius 2 is 1.79 bits per heavy atom. The summed E-state index contributed by atoms with van der Waals surface area (Å²) in [5, 5.41) is 9.90. The minimum Gasteiger partial charge on any atom is -0.494 e. The number of amides is 1. The van der Waals surface area contributed by atoms with Gasteiger partial charge in [-0.05, 0) is 38.1 Å². The zero-order valence-corrected chi connectivity index (χ0v) is 14.6. The molecule has 1 aliphatic heterocycles. The molecule has 1 atom stereocenters. The number of carbonyl (C=O) groups excluding carboxylic acids is 1. The molecule has 0 aliphatic carbocycles. The van der Waals surface area contributed by atoms with Crippen molar-refractivity contribution in [2.24, 2.45) is 0 Å². The molecule has 1 aromatic carbocycles. The van der Waals surface area contributed by atoms with Gasteiger partial charge in [0.05, 0.1) is 19.3 Å². The second-order valence-electron chi connectivity index (χ2n) is 5.86. The first-order valence-electron chi connectivity index (χ1n) is 8.64. The van der Waals surface area contributed by atoms with Crippen molar-refractivity contribution in [3.8, 4) is 5.75 Å². The summed E-state index contributed by atoms with van der Waals surface area (Å²) in [5.74, 6) is 0.828. The molecule has 0 bridgehead atoms. The molecule has 1 aromatic rings. The average Bonchev–Trinajstić information content (AvgIpc) is 2.61. The lowest BCUT2D eigenvalue weighted by Gasteiger charge is -2.35. The van der Waals surface area contributed by atoms with Crippen LogP contribution in [0.4, 0.5) is 0 Å². The van der Waals surface area contributed by atoms with Crippen molar-refractivity contribution in [2.45, 2.75) is 20.0 Å². The molecule has 6 heteroatoms. The number of rotatable bonds is 8. The maximum atomic E-state index is 12.5. The smallest absolute Gasteiger partial charge is 0.253 e. The fourth-order valence-corrected chi connectivity index (χ4v) is 2.78. The van der Waals surface area contributed by atoms with E-state index in [1.165, 1.54) is 0 Å². The molecule has 0 saturated carbocycles. The first-order chi connectivity index (χ1) is 11.6. The Morgan fingerprint density at radius 3 is 2.38 bits per heavy atom. The van der Waals surface area contributed by atoms with Crippen LogP contribution in [0.1, 0.15) is 24.2 Å². The van der Waals surface area contributed by atoms with Gasteiger partial charge in [0.25, 0.3) is 5.91 Å². The van der Waals surface area contributed by atoms with Gasteiger partial charge in [0.15, 0.2) is 0 Å². The number of aliphatic hydroxyl groups is 1. The standard InChI is InChI=1S/C18H28N2O4/c1-3-23-14-16(21)13-19-9-11-20(12-10-19)18(22)15-5-7-17(8-6-15)24-4-2/h5-8,16,21H,3-4,9-14H2,1-2H3/t16-/m0/s1. The Bertz CT molecular complexity index is 498. The van der Waals surface area contributed by atoms with Crippen molar-refractivity contribution in [1.29, 1.82) is 0 Å². The SMILES string of the molecule is CCOC[C@@H](O)CN1CCN(C(=O)c2ccc(OCC)cc2)CC1. The van der Waals surface area contributed by atoms with E-state index in [0.29, 0.717) is 45.0 Å². The Labute approximate surface area is 144 Å². The number of hydrogen-bond donors (Lipinski definition) is 1. The molecule has 2 rings (SSSR count). The molecule has 1 fully saturated rings. The van der Waals surface area contributed by atoms with Gasteiger partial charge < -0.3 is 19.5 Å². The van der Waals surface area contributed by atoms with E-state index < -0.39 is 6.10 Å². The van der Waals surface area contributed by atoms with E-state index in [1.807, 2.05) is 43.0 Å². The lowest BCUT2D eigenvalue weighted by molar-refractivity contribution is 0.0111. The largest absolute Gasteiger partial charge is 0.494 e. The molecule has 1 aliphatic rings. The summed E-state index contributed by atoms with van der Waals surface area (Å²) in [6, 6.07) is 7.28. The van der Waals surface area contributed by atoms with E-state index >= 15 is 0 Å². The zero-order valence-electron chi connectivity index (χ0n) is 14.6. The fourth-order valence-electron chi connectivity index (χ4n) is 2.78. The van der Waals surface area contributed by atoms with Crippen LogP contribution in [-0.2, 0) is 4.74 Å². The third-order valence-corrected chi connectivity index (χ3v) is 4.06. The quantitative estimate of drug-likeness (QED) is 0.774. The van der Waals surface area contributed by atoms with E-state index in [-0.39, 0.29) is 5.91 Å². The van der Waals surface area contributed by atoms with Gasteiger partial charge in [-0.25, -0.2) is 0 Å². The molecule has 6 nitrogen and oxygen atoms in total. The minimum atomic E-state index is -0.474. The summed E-state index contributed by atoms with van der Waals surface area (Å²) in [6.07, 6.45) is -0.474. The van der Waals surface area contributed by atoms with E-state index in [2.05, 4.69) is 4.90 Å². The van der Waals surface area contributed by atoms with Crippen molar-refractivity contribution in [3.05, 3.63) is 29.8 Å². The molecule has 0 unspecified atom stereocenters. The highest BCUT2D eigenvalue weighted by Gasteiger charge is 2.23. The average molecular weight is 336 g/mol. The van der Waals surface area contributed by atoms with Gasteiger partial charge in [0.2, 0.25) is 0 Å². The fraction of sp³-hybridized carbons (Fsp3) is 0.611. The van der Waals surface area contributed by atoms with Crippen LogP contribution in [0.25, 0.3) is 0 Å². The molecule has 1 amide bonds. The van der Waals surface area contributed by atoms with Crippen molar-refractivity contribution in [2.75, 3.05) is 52.5 Å². The summed E-state index contributed by atoms with van der Waals surface area (Å²) in [4.78, 5) is 16.6. The number of carbonyl (C=O) groups is 1. The predicted molar refractivity (Wildman–Crippen MR) is 92.5 cm³/mol. The number of piperazine rings is 1. The molecule has 0 radical (unpaired) electrons. The Morgan fingerprint density at radius 1 is 1.12 bits per heavy atom. The Hall–Kier alpha value is -1.63. The lowest BCUT2D eigenvalue weighted by Crippen LogP contribution is -2.50. The second kappa shape index (κ2) is 9.61. The number of aliphatic hydroxyl groups excluding tert-OH is 1. The topological polar surface area (TPSA) is 62.2 Å². The highest BCUT2D eigenvalue weighted by Crippen LogP contribution is 2.15. The normalized spacial score (nSPS) is 16.9. The number of hydrogen-bond acceptors (Lipinski definition) is 5. The van der Waals surface area contributed by atoms with Crippen LogP contribution in [0.2, 0.25) is 0 Å². The predicted octanol–water partition coefficient (Wildman–Crippen LogP) is 1.24. The maximum Gasteiger partial charge on any atom is 0.253 e. The number of benzene rings is 1. The van der Waals surface area contributed by atoms with Crippen LogP contribution >= 0.6 is 0 Å². The van der Waals surface area contributed by atoms with Gasteiger partial charge in [-0.3, -0.25) is 9.69 Å². The minimum absolute atomic E-state index is 0.0487. The molecular formula is C18H28N2O4. The van der Waals surface area contributed by atoms with Crippen molar-refractivity contribution in [3.63, 3.8) is 0 Å². The monoisotopic (exact) mass is 336 g/mol. The van der Waals surface area contributed by atoms with Gasteiger partial charge >= 0.3 is 0 Å². The van der Waals surface area contributed by atoms with E-state index in [1.54, 1.807) is 0 Å². The van der Waals surface area contributed by atoms with Crippen LogP contribution < -0.4 is 4.74 Å². The summed E-state index contributed by atoms with van der Waals surface area (Å²) < 4.78 is 10.6. The van der Waals surface area contributed by atoms with E-state index in [4.69, 9.17) is 9.47 Å². The van der Waals surface area contributed by atoms with Crippen LogP contribution in [0, 0.1) is 0 Å². The first-order valence-corrected chi connectivity index (χ1v) is 8.64. The van der Waals surface area contributed by atoms with Crippen LogP contribution in [0.15, 0.2) is 24.3 Å². The number of ether oxygens (including phenoxy) is 2. The summed E-state index contributed by atoms with van der Waals surface area (Å²) in [7, 11) is 0. The Balaban J connectivity index is 1.79. The first kappa shape index (κ1) is 18.7. The molecule has 1 heterocycles. The molecule has 24 heavy (non-hydrogen) atoms. The third-order valence-electron chi connectivity index (χ3n) is 4.06. The molecule has 1 saturated heterocycles. The van der Waals surface area contributed by atoms with Gasteiger partial charge in [0.1, 0.15) is 5.75 Å². The number of β-amino-alcohol motifs (C(OH)–C–C–N with tert-alkyl or cyclic N) is 1. The highest BCUT2D eigenvalue weighted by molar-refractivity contribution is 5.94. The molecule has 1 N–H and O–H groups in total. The molecule has 0 aromatic heterocycles. The van der Waals surface area contributed by atoms with Gasteiger partial charge in [-0.2, -0.15) is 0 Å². The zero-order chi connectivity index (χ0) is 17.4. The van der Waals surface area contributed by atoms with Gasteiger partial charge in [-0.1, -0.05) is 0 Å². The molecule has 0 spiro atoms. The lowest BCUT2D eigenvalue weighted by atomic mass is 10.1. The second-order valence-corrected chi connectivity index (χ2v) is 5.86. The van der Waals surface area contributed by atoms with Gasteiger partial charge in [-0.15, -0.1) is 0 Å². The highest BCUT2D eigenvalue weighted by atomic mass is 16.5.